The molecule has 2 amide bonds. The summed E-state index contributed by atoms with van der Waals surface area (Å²) in [7, 11) is 0. The molecule has 0 saturated heterocycles. The van der Waals surface area contributed by atoms with Crippen molar-refractivity contribution in [1.82, 2.24) is 10.2 Å². The van der Waals surface area contributed by atoms with E-state index < -0.39 is 11.9 Å². The third-order valence-corrected chi connectivity index (χ3v) is 5.67. The maximum absolute atomic E-state index is 14.1. The zero-order chi connectivity index (χ0) is 21.4. The third kappa shape index (κ3) is 7.05. The maximum Gasteiger partial charge on any atom is 0.242 e. The van der Waals surface area contributed by atoms with Gasteiger partial charge >= 0.3 is 0 Å². The Kier molecular flexibility index (Phi) is 8.99. The van der Waals surface area contributed by atoms with E-state index in [1.54, 1.807) is 25.1 Å². The first-order valence-electron chi connectivity index (χ1n) is 9.44. The lowest BCUT2D eigenvalue weighted by atomic mass is 10.1. The molecule has 0 aliphatic rings. The molecule has 2 aromatic carbocycles. The molecule has 0 bridgehead atoms. The minimum Gasteiger partial charge on any atom is -0.352 e. The Bertz CT molecular complexity index is 847. The minimum atomic E-state index is -0.717. The molecule has 2 aromatic rings. The van der Waals surface area contributed by atoms with Gasteiger partial charge in [-0.25, -0.2) is 4.39 Å². The number of halogens is 2. The maximum atomic E-state index is 14.1. The van der Waals surface area contributed by atoms with Crippen molar-refractivity contribution in [3.63, 3.8) is 0 Å². The van der Waals surface area contributed by atoms with Gasteiger partial charge in [0.2, 0.25) is 11.8 Å². The number of hydrogen-bond acceptors (Lipinski definition) is 3. The molecule has 7 heteroatoms. The standard InChI is InChI=1S/C22H26ClFN2O2S/c1-15(2)25-22(28)16(3)26(12-17-8-5-7-11-20(17)24)21(27)14-29-13-18-9-4-6-10-19(18)23/h4-11,15-16H,12-14H2,1-3H3,(H,25,28). The Labute approximate surface area is 180 Å². The zero-order valence-corrected chi connectivity index (χ0v) is 18.4. The van der Waals surface area contributed by atoms with Crippen molar-refractivity contribution in [2.45, 2.75) is 45.2 Å². The van der Waals surface area contributed by atoms with E-state index in [-0.39, 0.29) is 30.2 Å². The summed E-state index contributed by atoms with van der Waals surface area (Å²) < 4.78 is 14.1. The average Bonchev–Trinajstić information content (AvgIpc) is 2.67. The number of carbonyl (C=O) groups excluding carboxylic acids is 2. The highest BCUT2D eigenvalue weighted by atomic mass is 35.5. The predicted octanol–water partition coefficient (Wildman–Crippen LogP) is 4.65. The van der Waals surface area contributed by atoms with Gasteiger partial charge in [0.25, 0.3) is 0 Å². The van der Waals surface area contributed by atoms with Gasteiger partial charge in [0, 0.05) is 28.9 Å². The molecule has 4 nitrogen and oxygen atoms in total. The topological polar surface area (TPSA) is 49.4 Å². The first-order chi connectivity index (χ1) is 13.8. The van der Waals surface area contributed by atoms with Gasteiger partial charge < -0.3 is 10.2 Å². The fraction of sp³-hybridized carbons (Fsp3) is 0.364. The van der Waals surface area contributed by atoms with Gasteiger partial charge in [0.15, 0.2) is 0 Å². The van der Waals surface area contributed by atoms with Crippen molar-refractivity contribution in [2.24, 2.45) is 0 Å². The summed E-state index contributed by atoms with van der Waals surface area (Å²) in [5.41, 5.74) is 1.32. The van der Waals surface area contributed by atoms with E-state index in [1.165, 1.54) is 22.7 Å². The molecule has 0 aliphatic carbocycles. The minimum absolute atomic E-state index is 0.0326. The van der Waals surface area contributed by atoms with Gasteiger partial charge in [0.1, 0.15) is 11.9 Å². The van der Waals surface area contributed by atoms with Crippen molar-refractivity contribution < 1.29 is 14.0 Å². The molecule has 0 fully saturated rings. The van der Waals surface area contributed by atoms with Crippen LogP contribution in [0, 0.1) is 5.82 Å². The predicted molar refractivity (Wildman–Crippen MR) is 117 cm³/mol. The Morgan fingerprint density at radius 3 is 2.31 bits per heavy atom. The molecular formula is C22H26ClFN2O2S. The second kappa shape index (κ2) is 11.2. The fourth-order valence-electron chi connectivity index (χ4n) is 2.74. The molecule has 29 heavy (non-hydrogen) atoms. The van der Waals surface area contributed by atoms with Gasteiger partial charge in [-0.3, -0.25) is 9.59 Å². The fourth-order valence-corrected chi connectivity index (χ4v) is 3.94. The second-order valence-electron chi connectivity index (χ2n) is 7.04. The van der Waals surface area contributed by atoms with E-state index in [0.717, 1.165) is 5.56 Å². The molecule has 0 aliphatic heterocycles. The van der Waals surface area contributed by atoms with Crippen molar-refractivity contribution in [3.8, 4) is 0 Å². The van der Waals surface area contributed by atoms with Crippen molar-refractivity contribution in [1.29, 1.82) is 0 Å². The van der Waals surface area contributed by atoms with E-state index in [1.807, 2.05) is 38.1 Å². The van der Waals surface area contributed by atoms with Crippen LogP contribution in [0.15, 0.2) is 48.5 Å². The molecule has 2 rings (SSSR count). The van der Waals surface area contributed by atoms with Crippen LogP contribution in [-0.2, 0) is 21.9 Å². The van der Waals surface area contributed by atoms with Crippen molar-refractivity contribution in [3.05, 3.63) is 70.5 Å². The summed E-state index contributed by atoms with van der Waals surface area (Å²) in [6.45, 7) is 5.40. The Balaban J connectivity index is 2.10. The molecule has 0 spiro atoms. The Morgan fingerprint density at radius 2 is 1.69 bits per heavy atom. The molecule has 0 saturated carbocycles. The summed E-state index contributed by atoms with van der Waals surface area (Å²) in [4.78, 5) is 26.9. The first-order valence-corrected chi connectivity index (χ1v) is 11.0. The van der Waals surface area contributed by atoms with Crippen LogP contribution >= 0.6 is 23.4 Å². The van der Waals surface area contributed by atoms with Gasteiger partial charge in [-0.15, -0.1) is 11.8 Å². The second-order valence-corrected chi connectivity index (χ2v) is 8.43. The number of benzene rings is 2. The molecule has 0 heterocycles. The number of nitrogens with zero attached hydrogens (tertiary/aromatic N) is 1. The molecule has 1 atom stereocenters. The number of amides is 2. The lowest BCUT2D eigenvalue weighted by molar-refractivity contribution is -0.138. The third-order valence-electron chi connectivity index (χ3n) is 4.34. The van der Waals surface area contributed by atoms with Crippen molar-refractivity contribution in [2.75, 3.05) is 5.75 Å². The number of rotatable bonds is 9. The van der Waals surface area contributed by atoms with Crippen LogP contribution in [0.1, 0.15) is 31.9 Å². The molecule has 1 N–H and O–H groups in total. The van der Waals surface area contributed by atoms with E-state index in [2.05, 4.69) is 5.32 Å². The summed E-state index contributed by atoms with van der Waals surface area (Å²) in [5, 5.41) is 3.47. The van der Waals surface area contributed by atoms with Crippen LogP contribution in [-0.4, -0.2) is 34.6 Å². The average molecular weight is 437 g/mol. The highest BCUT2D eigenvalue weighted by Crippen LogP contribution is 2.22. The van der Waals surface area contributed by atoms with Gasteiger partial charge in [-0.05, 0) is 38.5 Å². The van der Waals surface area contributed by atoms with E-state index in [0.29, 0.717) is 16.3 Å². The molecule has 1 unspecified atom stereocenters. The highest BCUT2D eigenvalue weighted by Gasteiger charge is 2.27. The van der Waals surface area contributed by atoms with Crippen LogP contribution in [0.25, 0.3) is 0 Å². The number of carbonyl (C=O) groups is 2. The van der Waals surface area contributed by atoms with Gasteiger partial charge in [-0.2, -0.15) is 0 Å². The largest absolute Gasteiger partial charge is 0.352 e. The number of thioether (sulfide) groups is 1. The quantitative estimate of drug-likeness (QED) is 0.622. The van der Waals surface area contributed by atoms with Crippen LogP contribution < -0.4 is 5.32 Å². The summed E-state index contributed by atoms with van der Waals surface area (Å²) in [6.07, 6.45) is 0. The normalized spacial score (nSPS) is 11.9. The van der Waals surface area contributed by atoms with Crippen LogP contribution in [0.5, 0.6) is 0 Å². The lowest BCUT2D eigenvalue weighted by Gasteiger charge is -2.29. The monoisotopic (exact) mass is 436 g/mol. The molecule has 0 aromatic heterocycles. The smallest absolute Gasteiger partial charge is 0.242 e. The van der Waals surface area contributed by atoms with Crippen LogP contribution in [0.2, 0.25) is 5.02 Å². The summed E-state index contributed by atoms with van der Waals surface area (Å²) in [5.74, 6) is -0.146. The number of hydrogen-bond donors (Lipinski definition) is 1. The van der Waals surface area contributed by atoms with E-state index in [4.69, 9.17) is 11.6 Å². The molecule has 0 radical (unpaired) electrons. The van der Waals surface area contributed by atoms with E-state index in [9.17, 15) is 14.0 Å². The van der Waals surface area contributed by atoms with E-state index >= 15 is 0 Å². The zero-order valence-electron chi connectivity index (χ0n) is 16.8. The van der Waals surface area contributed by atoms with Gasteiger partial charge in [0.05, 0.1) is 5.75 Å². The Hall–Kier alpha value is -2.05. The molecule has 156 valence electrons. The van der Waals surface area contributed by atoms with Crippen LogP contribution in [0.3, 0.4) is 0 Å². The van der Waals surface area contributed by atoms with Crippen molar-refractivity contribution >= 4 is 35.2 Å². The highest BCUT2D eigenvalue weighted by molar-refractivity contribution is 7.99. The number of nitrogens with one attached hydrogen (secondary N) is 1. The van der Waals surface area contributed by atoms with Crippen LogP contribution in [0.4, 0.5) is 4.39 Å². The van der Waals surface area contributed by atoms with Gasteiger partial charge in [-0.1, -0.05) is 48.0 Å². The Morgan fingerprint density at radius 1 is 1.07 bits per heavy atom. The summed E-state index contributed by atoms with van der Waals surface area (Å²) >= 11 is 7.58. The lowest BCUT2D eigenvalue weighted by Crippen LogP contribution is -2.49. The first kappa shape index (κ1) is 23.2. The molecular weight excluding hydrogens is 411 g/mol. The summed E-state index contributed by atoms with van der Waals surface area (Å²) in [6, 6.07) is 13.0. The SMILES string of the molecule is CC(C)NC(=O)C(C)N(Cc1ccccc1F)C(=O)CSCc1ccccc1Cl.